The highest BCUT2D eigenvalue weighted by molar-refractivity contribution is 5.39. The molecule has 1 aromatic rings. The summed E-state index contributed by atoms with van der Waals surface area (Å²) < 4.78 is 31.8. The number of nitro groups is 1. The molecular weight excluding hydrogens is 234 g/mol. The SMILES string of the molecule is NC1CC(Oc2c(F)cc([N+](=O)[O-])cc2F)C1. The van der Waals surface area contributed by atoms with Crippen molar-refractivity contribution in [2.45, 2.75) is 25.0 Å². The minimum Gasteiger partial charge on any atom is -0.484 e. The van der Waals surface area contributed by atoms with Crippen molar-refractivity contribution in [1.29, 1.82) is 0 Å². The lowest BCUT2D eigenvalue weighted by molar-refractivity contribution is -0.385. The van der Waals surface area contributed by atoms with Crippen LogP contribution in [0.3, 0.4) is 0 Å². The Hall–Kier alpha value is -1.76. The van der Waals surface area contributed by atoms with Gasteiger partial charge < -0.3 is 10.5 Å². The molecule has 0 spiro atoms. The molecule has 2 rings (SSSR count). The maximum Gasteiger partial charge on any atom is 0.275 e. The van der Waals surface area contributed by atoms with E-state index < -0.39 is 28.0 Å². The van der Waals surface area contributed by atoms with Gasteiger partial charge in [-0.1, -0.05) is 0 Å². The molecule has 0 atom stereocenters. The Balaban J connectivity index is 2.20. The third-order valence-electron chi connectivity index (χ3n) is 2.61. The third kappa shape index (κ3) is 2.33. The fourth-order valence-corrected chi connectivity index (χ4v) is 1.63. The molecule has 0 aromatic heterocycles. The van der Waals surface area contributed by atoms with Gasteiger partial charge in [0, 0.05) is 6.04 Å². The Bertz CT molecular complexity index is 438. The van der Waals surface area contributed by atoms with Gasteiger partial charge in [0.15, 0.2) is 17.4 Å². The van der Waals surface area contributed by atoms with Crippen LogP contribution in [0.5, 0.6) is 5.75 Å². The fourth-order valence-electron chi connectivity index (χ4n) is 1.63. The molecule has 92 valence electrons. The minimum absolute atomic E-state index is 0.0100. The first kappa shape index (κ1) is 11.7. The molecule has 0 saturated heterocycles. The van der Waals surface area contributed by atoms with E-state index in [1.165, 1.54) is 0 Å². The maximum atomic E-state index is 13.4. The minimum atomic E-state index is -1.07. The Labute approximate surface area is 95.3 Å². The number of hydrogen-bond donors (Lipinski definition) is 1. The zero-order chi connectivity index (χ0) is 12.6. The summed E-state index contributed by atoms with van der Waals surface area (Å²) in [6, 6.07) is 1.26. The third-order valence-corrected chi connectivity index (χ3v) is 2.61. The second-order valence-corrected chi connectivity index (χ2v) is 3.97. The zero-order valence-electron chi connectivity index (χ0n) is 8.73. The van der Waals surface area contributed by atoms with Gasteiger partial charge in [0.25, 0.3) is 5.69 Å². The van der Waals surface area contributed by atoms with Crippen LogP contribution in [0, 0.1) is 21.7 Å². The summed E-state index contributed by atoms with van der Waals surface area (Å²) in [5, 5.41) is 10.4. The summed E-state index contributed by atoms with van der Waals surface area (Å²) in [5.74, 6) is -2.72. The Morgan fingerprint density at radius 1 is 1.35 bits per heavy atom. The number of rotatable bonds is 3. The monoisotopic (exact) mass is 244 g/mol. The highest BCUT2D eigenvalue weighted by Gasteiger charge is 2.30. The number of nitro benzene ring substituents is 1. The van der Waals surface area contributed by atoms with Gasteiger partial charge in [-0.3, -0.25) is 10.1 Å². The number of halogens is 2. The van der Waals surface area contributed by atoms with Crippen LogP contribution in [0.25, 0.3) is 0 Å². The lowest BCUT2D eigenvalue weighted by Gasteiger charge is -2.32. The van der Waals surface area contributed by atoms with E-state index in [9.17, 15) is 18.9 Å². The molecule has 0 amide bonds. The van der Waals surface area contributed by atoms with Crippen molar-refractivity contribution < 1.29 is 18.4 Å². The van der Waals surface area contributed by atoms with Crippen LogP contribution in [0.4, 0.5) is 14.5 Å². The molecule has 2 N–H and O–H groups in total. The highest BCUT2D eigenvalue weighted by Crippen LogP contribution is 2.31. The van der Waals surface area contributed by atoms with Crippen LogP contribution in [0.1, 0.15) is 12.8 Å². The van der Waals surface area contributed by atoms with Gasteiger partial charge in [-0.2, -0.15) is 0 Å². The predicted molar refractivity (Wildman–Crippen MR) is 54.6 cm³/mol. The van der Waals surface area contributed by atoms with Crippen LogP contribution in [0.15, 0.2) is 12.1 Å². The van der Waals surface area contributed by atoms with Crippen LogP contribution in [0.2, 0.25) is 0 Å². The number of non-ortho nitro benzene ring substituents is 1. The molecule has 1 aliphatic carbocycles. The van der Waals surface area contributed by atoms with Crippen molar-refractivity contribution in [3.8, 4) is 5.75 Å². The van der Waals surface area contributed by atoms with Crippen LogP contribution in [-0.4, -0.2) is 17.1 Å². The maximum absolute atomic E-state index is 13.4. The van der Waals surface area contributed by atoms with Crippen molar-refractivity contribution >= 4 is 5.69 Å². The molecule has 17 heavy (non-hydrogen) atoms. The average molecular weight is 244 g/mol. The Morgan fingerprint density at radius 2 is 1.88 bits per heavy atom. The molecule has 0 unspecified atom stereocenters. The summed E-state index contributed by atoms with van der Waals surface area (Å²) in [4.78, 5) is 9.50. The average Bonchev–Trinajstić information content (AvgIpc) is 2.19. The van der Waals surface area contributed by atoms with E-state index in [-0.39, 0.29) is 12.1 Å². The van der Waals surface area contributed by atoms with E-state index in [1.807, 2.05) is 0 Å². The molecule has 1 fully saturated rings. The smallest absolute Gasteiger partial charge is 0.275 e. The standard InChI is InChI=1S/C10H10F2N2O3/c11-8-3-6(14(15)16)4-9(12)10(8)17-7-1-5(13)2-7/h3-5,7H,1-2,13H2. The first-order valence-electron chi connectivity index (χ1n) is 5.03. The normalized spacial score (nSPS) is 23.0. The first-order chi connectivity index (χ1) is 7.97. The fraction of sp³-hybridized carbons (Fsp3) is 0.400. The van der Waals surface area contributed by atoms with Crippen LogP contribution >= 0.6 is 0 Å². The Morgan fingerprint density at radius 3 is 2.29 bits per heavy atom. The molecule has 1 aliphatic rings. The predicted octanol–water partition coefficient (Wildman–Crippen LogP) is 1.74. The lowest BCUT2D eigenvalue weighted by atomic mass is 9.90. The molecule has 5 nitrogen and oxygen atoms in total. The van der Waals surface area contributed by atoms with Gasteiger partial charge in [-0.05, 0) is 12.8 Å². The molecule has 0 heterocycles. The van der Waals surface area contributed by atoms with E-state index in [1.54, 1.807) is 0 Å². The number of nitrogens with zero attached hydrogens (tertiary/aromatic N) is 1. The number of hydrogen-bond acceptors (Lipinski definition) is 4. The summed E-state index contributed by atoms with van der Waals surface area (Å²) in [6.45, 7) is 0. The largest absolute Gasteiger partial charge is 0.484 e. The van der Waals surface area contributed by atoms with Crippen molar-refractivity contribution in [1.82, 2.24) is 0 Å². The lowest BCUT2D eigenvalue weighted by Crippen LogP contribution is -2.43. The second-order valence-electron chi connectivity index (χ2n) is 3.97. The van der Waals surface area contributed by atoms with Gasteiger partial charge in [0.2, 0.25) is 0 Å². The molecule has 7 heteroatoms. The summed E-state index contributed by atoms with van der Waals surface area (Å²) in [7, 11) is 0. The van der Waals surface area contributed by atoms with Gasteiger partial charge >= 0.3 is 0 Å². The number of benzene rings is 1. The van der Waals surface area contributed by atoms with Crippen molar-refractivity contribution in [3.63, 3.8) is 0 Å². The van der Waals surface area contributed by atoms with Gasteiger partial charge in [-0.15, -0.1) is 0 Å². The van der Waals surface area contributed by atoms with Gasteiger partial charge in [0.05, 0.1) is 17.1 Å². The number of ether oxygens (including phenoxy) is 1. The second kappa shape index (κ2) is 4.25. The molecule has 0 radical (unpaired) electrons. The van der Waals surface area contributed by atoms with E-state index in [0.29, 0.717) is 25.0 Å². The zero-order valence-corrected chi connectivity index (χ0v) is 8.73. The quantitative estimate of drug-likeness (QED) is 0.648. The summed E-state index contributed by atoms with van der Waals surface area (Å²) in [6.07, 6.45) is 0.724. The van der Waals surface area contributed by atoms with Crippen LogP contribution in [-0.2, 0) is 0 Å². The summed E-state index contributed by atoms with van der Waals surface area (Å²) in [5.41, 5.74) is 4.86. The molecular formula is C10H10F2N2O3. The van der Waals surface area contributed by atoms with Crippen LogP contribution < -0.4 is 10.5 Å². The highest BCUT2D eigenvalue weighted by atomic mass is 19.1. The van der Waals surface area contributed by atoms with Crippen molar-refractivity contribution in [2.24, 2.45) is 5.73 Å². The van der Waals surface area contributed by atoms with Crippen molar-refractivity contribution in [2.75, 3.05) is 0 Å². The molecule has 0 aliphatic heterocycles. The summed E-state index contributed by atoms with van der Waals surface area (Å²) >= 11 is 0. The first-order valence-corrected chi connectivity index (χ1v) is 5.03. The van der Waals surface area contributed by atoms with E-state index in [0.717, 1.165) is 0 Å². The topological polar surface area (TPSA) is 78.4 Å². The molecule has 1 aromatic carbocycles. The number of nitrogens with two attached hydrogens (primary N) is 1. The van der Waals surface area contributed by atoms with Crippen molar-refractivity contribution in [3.05, 3.63) is 33.9 Å². The van der Waals surface area contributed by atoms with E-state index in [4.69, 9.17) is 10.5 Å². The molecule has 0 bridgehead atoms. The molecule has 1 saturated carbocycles. The van der Waals surface area contributed by atoms with Gasteiger partial charge in [0.1, 0.15) is 6.10 Å². The van der Waals surface area contributed by atoms with E-state index >= 15 is 0 Å². The Kier molecular flexibility index (Phi) is 2.93. The van der Waals surface area contributed by atoms with Gasteiger partial charge in [-0.25, -0.2) is 8.78 Å². The van der Waals surface area contributed by atoms with E-state index in [2.05, 4.69) is 0 Å².